The summed E-state index contributed by atoms with van der Waals surface area (Å²) in [7, 11) is -2.09. The van der Waals surface area contributed by atoms with Gasteiger partial charge in [0, 0.05) is 0 Å². The van der Waals surface area contributed by atoms with E-state index in [1.807, 2.05) is 0 Å². The van der Waals surface area contributed by atoms with Crippen molar-refractivity contribution in [3.8, 4) is 0 Å². The molecule has 1 heterocycles. The molecule has 0 radical (unpaired) electrons. The number of amides is 1. The van der Waals surface area contributed by atoms with Gasteiger partial charge in [-0.3, -0.25) is 0 Å². The first kappa shape index (κ1) is 16.6. The van der Waals surface area contributed by atoms with Crippen LogP contribution in [-0.2, 0) is 4.43 Å². The lowest BCUT2D eigenvalue weighted by molar-refractivity contribution is 0.127. The van der Waals surface area contributed by atoms with Crippen molar-refractivity contribution in [2.45, 2.75) is 58.0 Å². The number of H-pyrrole nitrogens is 1. The van der Waals surface area contributed by atoms with E-state index in [2.05, 4.69) is 59.8 Å². The van der Waals surface area contributed by atoms with Gasteiger partial charge in [0.05, 0.1) is 6.04 Å². The number of hydrogen-bond acceptors (Lipinski definition) is 5. The van der Waals surface area contributed by atoms with E-state index in [-0.39, 0.29) is 5.04 Å². The van der Waals surface area contributed by atoms with E-state index < -0.39 is 26.6 Å². The molecule has 0 bridgehead atoms. The minimum Gasteiger partial charge on any atom is -0.465 e. The Balaban J connectivity index is 2.98. The molecule has 1 aromatic heterocycles. The van der Waals surface area contributed by atoms with E-state index in [9.17, 15) is 4.79 Å². The molecule has 114 valence electrons. The molecule has 2 atom stereocenters. The van der Waals surface area contributed by atoms with Gasteiger partial charge in [-0.1, -0.05) is 26.0 Å². The lowest BCUT2D eigenvalue weighted by atomic mass is 10.2. The lowest BCUT2D eigenvalue weighted by Crippen LogP contribution is -2.47. The third-order valence-corrected chi connectivity index (χ3v) is 8.10. The third-order valence-electron chi connectivity index (χ3n) is 3.65. The maximum Gasteiger partial charge on any atom is 0.404 e. The van der Waals surface area contributed by atoms with Crippen molar-refractivity contribution in [2.24, 2.45) is 0 Å². The van der Waals surface area contributed by atoms with Crippen LogP contribution in [0.3, 0.4) is 0 Å². The molecule has 0 aliphatic carbocycles. The Kier molecular flexibility index (Phi) is 4.87. The highest BCUT2D eigenvalue weighted by Gasteiger charge is 2.41. The van der Waals surface area contributed by atoms with Crippen LogP contribution in [-0.4, -0.2) is 46.2 Å². The van der Waals surface area contributed by atoms with Crippen LogP contribution < -0.4 is 5.32 Å². The number of tetrazole rings is 1. The van der Waals surface area contributed by atoms with Crippen molar-refractivity contribution in [2.75, 3.05) is 0 Å². The Morgan fingerprint density at radius 2 is 2.05 bits per heavy atom. The number of hydrogen-bond donors (Lipinski definition) is 3. The quantitative estimate of drug-likeness (QED) is 0.716. The third kappa shape index (κ3) is 4.00. The van der Waals surface area contributed by atoms with E-state index >= 15 is 0 Å². The first-order chi connectivity index (χ1) is 9.04. The van der Waals surface area contributed by atoms with Gasteiger partial charge in [-0.2, -0.15) is 5.21 Å². The fourth-order valence-corrected chi connectivity index (χ4v) is 2.73. The van der Waals surface area contributed by atoms with Crippen molar-refractivity contribution < 1.29 is 14.3 Å². The summed E-state index contributed by atoms with van der Waals surface area (Å²) in [6.45, 7) is 12.2. The Morgan fingerprint density at radius 1 is 1.45 bits per heavy atom. The predicted octanol–water partition coefficient (Wildman–Crippen LogP) is 1.92. The summed E-state index contributed by atoms with van der Waals surface area (Å²) >= 11 is 0. The van der Waals surface area contributed by atoms with Crippen molar-refractivity contribution in [3.63, 3.8) is 0 Å². The topological polar surface area (TPSA) is 113 Å². The molecular weight excluding hydrogens is 278 g/mol. The molecule has 9 heteroatoms. The second-order valence-corrected chi connectivity index (χ2v) is 11.1. The standard InChI is InChI=1S/C11H23N5O3Si/c1-7(12-10(17)18)8(9-13-15-16-14-9)19-20(5,6)11(2,3)4/h7-8,12H,1-6H3,(H,17,18)(H,13,14,15,16)/t7-,8-/m0/s1. The molecule has 0 aliphatic rings. The molecule has 1 aromatic rings. The highest BCUT2D eigenvalue weighted by Crippen LogP contribution is 2.39. The monoisotopic (exact) mass is 301 g/mol. The summed E-state index contributed by atoms with van der Waals surface area (Å²) in [6, 6.07) is -0.473. The molecule has 0 aromatic carbocycles. The molecule has 8 nitrogen and oxygen atoms in total. The van der Waals surface area contributed by atoms with E-state index in [1.165, 1.54) is 0 Å². The summed E-state index contributed by atoms with van der Waals surface area (Å²) in [6.07, 6.45) is -1.67. The molecule has 0 unspecified atom stereocenters. The van der Waals surface area contributed by atoms with Gasteiger partial charge in [0.15, 0.2) is 8.32 Å². The van der Waals surface area contributed by atoms with E-state index in [0.717, 1.165) is 0 Å². The zero-order valence-corrected chi connectivity index (χ0v) is 13.8. The minimum atomic E-state index is -2.09. The Hall–Kier alpha value is -1.48. The zero-order valence-electron chi connectivity index (χ0n) is 12.8. The summed E-state index contributed by atoms with van der Waals surface area (Å²) in [5.41, 5.74) is 0. The van der Waals surface area contributed by atoms with Gasteiger partial charge in [-0.25, -0.2) is 4.79 Å². The van der Waals surface area contributed by atoms with Crippen LogP contribution in [0.1, 0.15) is 39.6 Å². The fraction of sp³-hybridized carbons (Fsp3) is 0.818. The van der Waals surface area contributed by atoms with Crippen molar-refractivity contribution in [1.29, 1.82) is 0 Å². The molecule has 20 heavy (non-hydrogen) atoms. The number of aromatic amines is 1. The first-order valence-electron chi connectivity index (χ1n) is 6.45. The molecule has 3 N–H and O–H groups in total. The number of carbonyl (C=O) groups is 1. The zero-order chi connectivity index (χ0) is 15.6. The minimum absolute atomic E-state index is 0.00205. The lowest BCUT2D eigenvalue weighted by Gasteiger charge is -2.39. The van der Waals surface area contributed by atoms with Gasteiger partial charge >= 0.3 is 6.09 Å². The van der Waals surface area contributed by atoms with Gasteiger partial charge in [-0.05, 0) is 25.1 Å². The van der Waals surface area contributed by atoms with E-state index in [1.54, 1.807) is 6.92 Å². The van der Waals surface area contributed by atoms with Gasteiger partial charge in [0.2, 0.25) is 5.82 Å². The van der Waals surface area contributed by atoms with Crippen LogP contribution in [0.15, 0.2) is 0 Å². The van der Waals surface area contributed by atoms with Gasteiger partial charge in [0.1, 0.15) is 6.10 Å². The molecule has 0 saturated carbocycles. The van der Waals surface area contributed by atoms with Crippen molar-refractivity contribution >= 4 is 14.4 Å². The molecule has 0 aliphatic heterocycles. The SMILES string of the molecule is C[C@H](NC(=O)O)[C@H](O[Si](C)(C)C(C)(C)C)c1nn[nH]n1. The summed E-state index contributed by atoms with van der Waals surface area (Å²) in [4.78, 5) is 10.8. The average molecular weight is 301 g/mol. The summed E-state index contributed by atoms with van der Waals surface area (Å²) in [5, 5.41) is 25.0. The van der Waals surface area contributed by atoms with Crippen LogP contribution >= 0.6 is 0 Å². The molecule has 0 fully saturated rings. The van der Waals surface area contributed by atoms with Gasteiger partial charge < -0.3 is 14.8 Å². The molecule has 0 spiro atoms. The van der Waals surface area contributed by atoms with Crippen LogP contribution in [0.25, 0.3) is 0 Å². The number of carboxylic acid groups (broad SMARTS) is 1. The molecule has 1 amide bonds. The highest BCUT2D eigenvalue weighted by molar-refractivity contribution is 6.74. The molecular formula is C11H23N5O3Si. The van der Waals surface area contributed by atoms with Crippen LogP contribution in [0, 0.1) is 0 Å². The Bertz CT molecular complexity index is 443. The van der Waals surface area contributed by atoms with Crippen molar-refractivity contribution in [3.05, 3.63) is 5.82 Å². The van der Waals surface area contributed by atoms with Gasteiger partial charge in [0.25, 0.3) is 0 Å². The second kappa shape index (κ2) is 5.88. The normalized spacial score (nSPS) is 15.7. The summed E-state index contributed by atoms with van der Waals surface area (Å²) < 4.78 is 6.24. The maximum atomic E-state index is 10.8. The molecule has 0 saturated heterocycles. The highest BCUT2D eigenvalue weighted by atomic mass is 28.4. The molecule has 1 rings (SSSR count). The first-order valence-corrected chi connectivity index (χ1v) is 9.36. The van der Waals surface area contributed by atoms with Crippen molar-refractivity contribution in [1.82, 2.24) is 25.9 Å². The average Bonchev–Trinajstić information content (AvgIpc) is 2.76. The Labute approximate surface area is 119 Å². The maximum absolute atomic E-state index is 10.8. The van der Waals surface area contributed by atoms with E-state index in [4.69, 9.17) is 9.53 Å². The summed E-state index contributed by atoms with van der Waals surface area (Å²) in [5.74, 6) is 0.357. The van der Waals surface area contributed by atoms with E-state index in [0.29, 0.717) is 5.82 Å². The smallest absolute Gasteiger partial charge is 0.404 e. The van der Waals surface area contributed by atoms with Crippen LogP contribution in [0.2, 0.25) is 18.1 Å². The largest absolute Gasteiger partial charge is 0.465 e. The second-order valence-electron chi connectivity index (χ2n) is 6.31. The number of nitrogens with zero attached hydrogens (tertiary/aromatic N) is 3. The number of nitrogens with one attached hydrogen (secondary N) is 2. The number of rotatable bonds is 5. The van der Waals surface area contributed by atoms with Gasteiger partial charge in [-0.15, -0.1) is 10.2 Å². The van der Waals surface area contributed by atoms with Crippen LogP contribution in [0.5, 0.6) is 0 Å². The predicted molar refractivity (Wildman–Crippen MR) is 75.8 cm³/mol. The van der Waals surface area contributed by atoms with Crippen LogP contribution in [0.4, 0.5) is 4.79 Å². The Morgan fingerprint density at radius 3 is 2.45 bits per heavy atom. The fourth-order valence-electron chi connectivity index (χ4n) is 1.43. The number of aromatic nitrogens is 4.